The molecule has 2 saturated heterocycles. The summed E-state index contributed by atoms with van der Waals surface area (Å²) in [5.74, 6) is 0.0966. The number of fused-ring (bicyclic) bond motifs is 3. The topological polar surface area (TPSA) is 92.6 Å². The highest BCUT2D eigenvalue weighted by molar-refractivity contribution is 5.97. The van der Waals surface area contributed by atoms with E-state index in [1.54, 1.807) is 17.2 Å². The van der Waals surface area contributed by atoms with Gasteiger partial charge in [0.25, 0.3) is 5.91 Å². The van der Waals surface area contributed by atoms with Gasteiger partial charge in [0.2, 0.25) is 0 Å². The van der Waals surface area contributed by atoms with Gasteiger partial charge in [-0.15, -0.1) is 0 Å². The van der Waals surface area contributed by atoms with Crippen molar-refractivity contribution >= 4 is 16.9 Å². The van der Waals surface area contributed by atoms with Crippen molar-refractivity contribution in [2.75, 3.05) is 0 Å². The SMILES string of the molecule is O=C(c1ccc2n[nH]nc2c1)N1C2CCC1CC(n1nccn1)C2. The van der Waals surface area contributed by atoms with Crippen LogP contribution in [0.5, 0.6) is 0 Å². The molecule has 3 aromatic rings. The highest BCUT2D eigenvalue weighted by atomic mass is 16.2. The number of H-pyrrole nitrogens is 1. The molecule has 8 nitrogen and oxygen atoms in total. The van der Waals surface area contributed by atoms with Gasteiger partial charge in [0.05, 0.1) is 18.4 Å². The van der Waals surface area contributed by atoms with Gasteiger partial charge in [-0.2, -0.15) is 30.4 Å². The number of carbonyl (C=O) groups excluding carboxylic acids is 1. The highest BCUT2D eigenvalue weighted by Crippen LogP contribution is 2.41. The zero-order chi connectivity index (χ0) is 16.1. The van der Waals surface area contributed by atoms with Crippen LogP contribution in [0.2, 0.25) is 0 Å². The molecule has 1 amide bonds. The lowest BCUT2D eigenvalue weighted by atomic mass is 9.96. The Morgan fingerprint density at radius 3 is 2.46 bits per heavy atom. The van der Waals surface area contributed by atoms with Gasteiger partial charge < -0.3 is 4.90 Å². The second kappa shape index (κ2) is 5.12. The molecule has 1 aromatic carbocycles. The largest absolute Gasteiger partial charge is 0.333 e. The van der Waals surface area contributed by atoms with Crippen LogP contribution in [0.4, 0.5) is 0 Å². The lowest BCUT2D eigenvalue weighted by molar-refractivity contribution is 0.0512. The van der Waals surface area contributed by atoms with Crippen molar-refractivity contribution < 1.29 is 4.79 Å². The van der Waals surface area contributed by atoms with Gasteiger partial charge in [0, 0.05) is 17.6 Å². The highest BCUT2D eigenvalue weighted by Gasteiger charge is 2.44. The van der Waals surface area contributed by atoms with Crippen LogP contribution in [0, 0.1) is 0 Å². The van der Waals surface area contributed by atoms with E-state index in [2.05, 4.69) is 30.5 Å². The third kappa shape index (κ3) is 2.02. The maximum atomic E-state index is 13.0. The predicted octanol–water partition coefficient (Wildman–Crippen LogP) is 1.56. The summed E-state index contributed by atoms with van der Waals surface area (Å²) in [5.41, 5.74) is 2.19. The number of rotatable bonds is 2. The Balaban J connectivity index is 1.42. The molecule has 0 aliphatic carbocycles. The van der Waals surface area contributed by atoms with E-state index in [1.165, 1.54) is 0 Å². The lowest BCUT2D eigenvalue weighted by Gasteiger charge is -2.38. The normalized spacial score (nSPS) is 26.2. The van der Waals surface area contributed by atoms with Gasteiger partial charge >= 0.3 is 0 Å². The Kier molecular flexibility index (Phi) is 2.91. The number of benzene rings is 1. The minimum Gasteiger partial charge on any atom is -0.333 e. The quantitative estimate of drug-likeness (QED) is 0.772. The van der Waals surface area contributed by atoms with Gasteiger partial charge in [0.1, 0.15) is 11.0 Å². The first-order chi connectivity index (χ1) is 11.8. The van der Waals surface area contributed by atoms with Crippen molar-refractivity contribution in [2.24, 2.45) is 0 Å². The number of hydrogen-bond acceptors (Lipinski definition) is 5. The van der Waals surface area contributed by atoms with E-state index in [9.17, 15) is 4.79 Å². The van der Waals surface area contributed by atoms with Crippen molar-refractivity contribution in [1.82, 2.24) is 35.3 Å². The zero-order valence-corrected chi connectivity index (χ0v) is 13.0. The maximum absolute atomic E-state index is 13.0. The third-order valence-electron chi connectivity index (χ3n) is 5.27. The van der Waals surface area contributed by atoms with E-state index in [0.29, 0.717) is 11.6 Å². The van der Waals surface area contributed by atoms with E-state index in [0.717, 1.165) is 36.7 Å². The number of nitrogens with one attached hydrogen (secondary N) is 1. The molecule has 4 heterocycles. The summed E-state index contributed by atoms with van der Waals surface area (Å²) in [6.07, 6.45) is 7.38. The Hall–Kier alpha value is -2.77. The van der Waals surface area contributed by atoms with Crippen molar-refractivity contribution in [2.45, 2.75) is 43.8 Å². The molecule has 2 aliphatic rings. The summed E-state index contributed by atoms with van der Waals surface area (Å²) >= 11 is 0. The van der Waals surface area contributed by atoms with Crippen LogP contribution in [-0.2, 0) is 0 Å². The molecule has 0 saturated carbocycles. The minimum atomic E-state index is 0.0966. The second-order valence-corrected chi connectivity index (χ2v) is 6.60. The molecule has 2 unspecified atom stereocenters. The van der Waals surface area contributed by atoms with Crippen molar-refractivity contribution in [3.63, 3.8) is 0 Å². The Labute approximate surface area is 137 Å². The average molecular weight is 323 g/mol. The minimum absolute atomic E-state index is 0.0966. The third-order valence-corrected chi connectivity index (χ3v) is 5.27. The standard InChI is InChI=1S/C16H17N7O/c24-16(10-1-4-14-15(7-10)20-21-19-14)22-11-2-3-12(22)9-13(8-11)23-17-5-6-18-23/h1,4-7,11-13H,2-3,8-9H2,(H,19,20,21). The Morgan fingerprint density at radius 1 is 1.00 bits per heavy atom. The van der Waals surface area contributed by atoms with Gasteiger partial charge in [-0.1, -0.05) is 0 Å². The van der Waals surface area contributed by atoms with Crippen LogP contribution in [0.1, 0.15) is 42.1 Å². The number of aromatic nitrogens is 6. The van der Waals surface area contributed by atoms with E-state index in [1.807, 2.05) is 18.2 Å². The van der Waals surface area contributed by atoms with Gasteiger partial charge in [0.15, 0.2) is 0 Å². The molecule has 2 fully saturated rings. The van der Waals surface area contributed by atoms with E-state index in [-0.39, 0.29) is 18.0 Å². The summed E-state index contributed by atoms with van der Waals surface area (Å²) < 4.78 is 0. The first kappa shape index (κ1) is 13.6. The molecular weight excluding hydrogens is 306 g/mol. The monoisotopic (exact) mass is 323 g/mol. The van der Waals surface area contributed by atoms with Crippen LogP contribution in [0.3, 0.4) is 0 Å². The molecule has 122 valence electrons. The fourth-order valence-electron chi connectivity index (χ4n) is 4.21. The number of nitrogens with zero attached hydrogens (tertiary/aromatic N) is 6. The summed E-state index contributed by atoms with van der Waals surface area (Å²) in [6, 6.07) is 6.32. The van der Waals surface area contributed by atoms with Crippen LogP contribution in [0.15, 0.2) is 30.6 Å². The van der Waals surface area contributed by atoms with E-state index < -0.39 is 0 Å². The predicted molar refractivity (Wildman–Crippen MR) is 85.2 cm³/mol. The molecule has 1 N–H and O–H groups in total. The molecule has 0 spiro atoms. The number of carbonyl (C=O) groups is 1. The van der Waals surface area contributed by atoms with Gasteiger partial charge in [-0.25, -0.2) is 0 Å². The molecule has 2 bridgehead atoms. The van der Waals surface area contributed by atoms with E-state index in [4.69, 9.17) is 0 Å². The number of amides is 1. The van der Waals surface area contributed by atoms with E-state index >= 15 is 0 Å². The first-order valence-electron chi connectivity index (χ1n) is 8.28. The fourth-order valence-corrected chi connectivity index (χ4v) is 4.21. The molecule has 8 heteroatoms. The molecule has 2 aliphatic heterocycles. The smallest absolute Gasteiger partial charge is 0.254 e. The van der Waals surface area contributed by atoms with Crippen LogP contribution in [-0.4, -0.2) is 53.3 Å². The number of piperidine rings is 1. The Bertz CT molecular complexity index is 873. The zero-order valence-electron chi connectivity index (χ0n) is 13.0. The maximum Gasteiger partial charge on any atom is 0.254 e. The molecule has 2 aromatic heterocycles. The van der Waals surface area contributed by atoms with Gasteiger partial charge in [-0.3, -0.25) is 4.79 Å². The number of hydrogen-bond donors (Lipinski definition) is 1. The van der Waals surface area contributed by atoms with Crippen LogP contribution >= 0.6 is 0 Å². The average Bonchev–Trinajstić information content (AvgIpc) is 3.33. The van der Waals surface area contributed by atoms with Crippen molar-refractivity contribution in [3.8, 4) is 0 Å². The van der Waals surface area contributed by atoms with Crippen molar-refractivity contribution in [3.05, 3.63) is 36.2 Å². The molecule has 24 heavy (non-hydrogen) atoms. The molecule has 2 atom stereocenters. The number of aromatic amines is 1. The summed E-state index contributed by atoms with van der Waals surface area (Å²) in [4.78, 5) is 16.9. The second-order valence-electron chi connectivity index (χ2n) is 6.60. The molecular formula is C16H17N7O. The molecule has 5 rings (SSSR count). The van der Waals surface area contributed by atoms with Gasteiger partial charge in [-0.05, 0) is 43.9 Å². The Morgan fingerprint density at radius 2 is 1.71 bits per heavy atom. The van der Waals surface area contributed by atoms with Crippen LogP contribution in [0.25, 0.3) is 11.0 Å². The fraction of sp³-hybridized carbons (Fsp3) is 0.438. The van der Waals surface area contributed by atoms with Crippen molar-refractivity contribution in [1.29, 1.82) is 0 Å². The summed E-state index contributed by atoms with van der Waals surface area (Å²) in [5, 5.41) is 19.3. The summed E-state index contributed by atoms with van der Waals surface area (Å²) in [6.45, 7) is 0. The summed E-state index contributed by atoms with van der Waals surface area (Å²) in [7, 11) is 0. The lowest BCUT2D eigenvalue weighted by Crippen LogP contribution is -2.47. The molecule has 0 radical (unpaired) electrons. The van der Waals surface area contributed by atoms with Crippen LogP contribution < -0.4 is 0 Å². The first-order valence-corrected chi connectivity index (χ1v) is 8.28.